The van der Waals surface area contributed by atoms with Crippen LogP contribution in [0.1, 0.15) is 25.7 Å². The Balaban J connectivity index is 1.99. The highest BCUT2D eigenvalue weighted by Crippen LogP contribution is 2.33. The fourth-order valence-corrected chi connectivity index (χ4v) is 3.47. The summed E-state index contributed by atoms with van der Waals surface area (Å²) in [6.07, 6.45) is 3.85. The van der Waals surface area contributed by atoms with Crippen LogP contribution in [0.2, 0.25) is 0 Å². The summed E-state index contributed by atoms with van der Waals surface area (Å²) < 4.78 is 0.808. The lowest BCUT2D eigenvalue weighted by Gasteiger charge is -2.17. The lowest BCUT2D eigenvalue weighted by atomic mass is 9.99. The molecule has 1 fully saturated rings. The topological polar surface area (TPSA) is 68.9 Å². The van der Waals surface area contributed by atoms with Crippen LogP contribution in [-0.4, -0.2) is 21.2 Å². The number of thioether (sulfide) groups is 1. The minimum atomic E-state index is 0.0797. The van der Waals surface area contributed by atoms with E-state index in [0.29, 0.717) is 17.3 Å². The van der Waals surface area contributed by atoms with Crippen LogP contribution < -0.4 is 5.73 Å². The highest BCUT2D eigenvalue weighted by atomic mass is 32.2. The van der Waals surface area contributed by atoms with Gasteiger partial charge in [-0.2, -0.15) is 0 Å². The quantitative estimate of drug-likeness (QED) is 0.836. The molecule has 6 heteroatoms. The molecular formula is C8H11N3OS2. The molecule has 0 aliphatic heterocycles. The lowest BCUT2D eigenvalue weighted by Crippen LogP contribution is -2.21. The van der Waals surface area contributed by atoms with Crippen LogP contribution in [0.25, 0.3) is 0 Å². The maximum absolute atomic E-state index is 11.5. The van der Waals surface area contributed by atoms with Crippen molar-refractivity contribution in [2.45, 2.75) is 35.3 Å². The predicted molar refractivity (Wildman–Crippen MR) is 57.4 cm³/mol. The Kier molecular flexibility index (Phi) is 3.02. The number of Topliss-reactive ketones (excluding diaryl/α,β-unsaturated/α-hetero) is 1. The van der Waals surface area contributed by atoms with Crippen molar-refractivity contribution in [3.8, 4) is 0 Å². The summed E-state index contributed by atoms with van der Waals surface area (Å²) in [5.41, 5.74) is 5.47. The van der Waals surface area contributed by atoms with Crippen molar-refractivity contribution in [1.29, 1.82) is 0 Å². The van der Waals surface area contributed by atoms with Crippen molar-refractivity contribution in [2.75, 3.05) is 5.73 Å². The van der Waals surface area contributed by atoms with Crippen molar-refractivity contribution in [3.63, 3.8) is 0 Å². The van der Waals surface area contributed by atoms with E-state index in [0.717, 1.165) is 23.6 Å². The molecule has 1 atom stereocenters. The largest absolute Gasteiger partial charge is 0.374 e. The molecule has 0 bridgehead atoms. The molecule has 76 valence electrons. The molecule has 1 aliphatic carbocycles. The molecule has 2 N–H and O–H groups in total. The van der Waals surface area contributed by atoms with E-state index in [-0.39, 0.29) is 5.25 Å². The van der Waals surface area contributed by atoms with Gasteiger partial charge in [-0.3, -0.25) is 4.79 Å². The number of ketones is 1. The van der Waals surface area contributed by atoms with E-state index < -0.39 is 0 Å². The first-order chi connectivity index (χ1) is 6.75. The number of aromatic nitrogens is 2. The summed E-state index contributed by atoms with van der Waals surface area (Å²) in [6, 6.07) is 0. The molecular weight excluding hydrogens is 218 g/mol. The van der Waals surface area contributed by atoms with Gasteiger partial charge < -0.3 is 5.73 Å². The second-order valence-electron chi connectivity index (χ2n) is 3.22. The zero-order valence-electron chi connectivity index (χ0n) is 7.60. The number of nitrogens with two attached hydrogens (primary N) is 1. The Morgan fingerprint density at radius 2 is 2.29 bits per heavy atom. The zero-order valence-corrected chi connectivity index (χ0v) is 9.24. The van der Waals surface area contributed by atoms with Crippen LogP contribution in [0.4, 0.5) is 5.13 Å². The van der Waals surface area contributed by atoms with Gasteiger partial charge in [0.2, 0.25) is 5.13 Å². The molecule has 14 heavy (non-hydrogen) atoms. The summed E-state index contributed by atoms with van der Waals surface area (Å²) in [5, 5.41) is 8.17. The third-order valence-corrected chi connectivity index (χ3v) is 4.32. The molecule has 1 aromatic heterocycles. The standard InChI is InChI=1S/C8H11N3OS2/c9-7-10-11-8(14-7)13-6-4-2-1-3-5(6)12/h6H,1-4H2,(H2,9,10)/t6-/m1/s1. The number of nitrogen functional groups attached to an aromatic ring is 1. The monoisotopic (exact) mass is 229 g/mol. The lowest BCUT2D eigenvalue weighted by molar-refractivity contribution is -0.119. The number of hydrogen-bond donors (Lipinski definition) is 1. The summed E-state index contributed by atoms with van der Waals surface area (Å²) >= 11 is 2.86. The van der Waals surface area contributed by atoms with Crippen LogP contribution in [0, 0.1) is 0 Å². The molecule has 2 rings (SSSR count). The summed E-state index contributed by atoms with van der Waals surface area (Å²) in [6.45, 7) is 0. The average Bonchev–Trinajstić information content (AvgIpc) is 2.56. The fraction of sp³-hybridized carbons (Fsp3) is 0.625. The van der Waals surface area contributed by atoms with Crippen LogP contribution >= 0.6 is 23.1 Å². The van der Waals surface area contributed by atoms with E-state index in [9.17, 15) is 4.79 Å². The number of carbonyl (C=O) groups is 1. The third kappa shape index (κ3) is 2.24. The normalized spacial score (nSPS) is 22.6. The molecule has 1 aliphatic rings. The van der Waals surface area contributed by atoms with Crippen molar-refractivity contribution in [1.82, 2.24) is 10.2 Å². The Labute approximate surface area is 90.3 Å². The number of carbonyl (C=O) groups excluding carboxylic acids is 1. The van der Waals surface area contributed by atoms with Gasteiger partial charge in [-0.15, -0.1) is 10.2 Å². The van der Waals surface area contributed by atoms with Gasteiger partial charge >= 0.3 is 0 Å². The van der Waals surface area contributed by atoms with E-state index in [1.54, 1.807) is 0 Å². The van der Waals surface area contributed by atoms with Gasteiger partial charge in [-0.1, -0.05) is 29.5 Å². The molecule has 4 nitrogen and oxygen atoms in total. The van der Waals surface area contributed by atoms with Crippen molar-refractivity contribution in [3.05, 3.63) is 0 Å². The minimum absolute atomic E-state index is 0.0797. The van der Waals surface area contributed by atoms with Crippen molar-refractivity contribution in [2.24, 2.45) is 0 Å². The average molecular weight is 229 g/mol. The van der Waals surface area contributed by atoms with Crippen molar-refractivity contribution >= 4 is 34.0 Å². The Morgan fingerprint density at radius 1 is 1.43 bits per heavy atom. The Morgan fingerprint density at radius 3 is 2.93 bits per heavy atom. The molecule has 1 saturated carbocycles. The van der Waals surface area contributed by atoms with Gasteiger partial charge in [0.25, 0.3) is 0 Å². The van der Waals surface area contributed by atoms with Gasteiger partial charge in [-0.25, -0.2) is 0 Å². The smallest absolute Gasteiger partial charge is 0.203 e. The summed E-state index contributed by atoms with van der Waals surface area (Å²) in [7, 11) is 0. The van der Waals surface area contributed by atoms with E-state index in [2.05, 4.69) is 10.2 Å². The van der Waals surface area contributed by atoms with E-state index in [1.807, 2.05) is 0 Å². The van der Waals surface area contributed by atoms with Crippen LogP contribution in [0.15, 0.2) is 4.34 Å². The molecule has 0 spiro atoms. The predicted octanol–water partition coefficient (Wildman–Crippen LogP) is 1.72. The SMILES string of the molecule is Nc1nnc(S[C@@H]2CCCCC2=O)s1. The number of nitrogens with zero attached hydrogens (tertiary/aromatic N) is 2. The molecule has 0 aromatic carbocycles. The molecule has 0 saturated heterocycles. The van der Waals surface area contributed by atoms with Gasteiger partial charge in [0.05, 0.1) is 5.25 Å². The van der Waals surface area contributed by atoms with Crippen LogP contribution in [0.5, 0.6) is 0 Å². The van der Waals surface area contributed by atoms with Crippen LogP contribution in [0.3, 0.4) is 0 Å². The van der Waals surface area contributed by atoms with Crippen molar-refractivity contribution < 1.29 is 4.79 Å². The minimum Gasteiger partial charge on any atom is -0.374 e. The highest BCUT2D eigenvalue weighted by Gasteiger charge is 2.24. The van der Waals surface area contributed by atoms with Gasteiger partial charge in [0.1, 0.15) is 5.78 Å². The third-order valence-electron chi connectivity index (χ3n) is 2.16. The second-order valence-corrected chi connectivity index (χ2v) is 5.68. The van der Waals surface area contributed by atoms with Gasteiger partial charge in [0.15, 0.2) is 4.34 Å². The Hall–Kier alpha value is -0.620. The Bertz CT molecular complexity index is 339. The first kappa shape index (κ1) is 9.92. The summed E-state index contributed by atoms with van der Waals surface area (Å²) in [5.74, 6) is 0.343. The van der Waals surface area contributed by atoms with E-state index in [4.69, 9.17) is 5.73 Å². The maximum atomic E-state index is 11.5. The molecule has 1 aromatic rings. The van der Waals surface area contributed by atoms with E-state index >= 15 is 0 Å². The number of anilines is 1. The highest BCUT2D eigenvalue weighted by molar-refractivity contribution is 8.02. The molecule has 0 radical (unpaired) electrons. The first-order valence-corrected chi connectivity index (χ1v) is 6.23. The fourth-order valence-electron chi connectivity index (χ4n) is 1.47. The van der Waals surface area contributed by atoms with Gasteiger partial charge in [-0.05, 0) is 12.8 Å². The number of hydrogen-bond acceptors (Lipinski definition) is 6. The second kappa shape index (κ2) is 4.27. The van der Waals surface area contributed by atoms with Crippen LogP contribution in [-0.2, 0) is 4.79 Å². The summed E-state index contributed by atoms with van der Waals surface area (Å²) in [4.78, 5) is 11.5. The van der Waals surface area contributed by atoms with Gasteiger partial charge in [0, 0.05) is 6.42 Å². The number of rotatable bonds is 2. The van der Waals surface area contributed by atoms with E-state index in [1.165, 1.54) is 23.1 Å². The molecule has 0 unspecified atom stereocenters. The first-order valence-electron chi connectivity index (χ1n) is 4.54. The zero-order chi connectivity index (χ0) is 9.97. The maximum Gasteiger partial charge on any atom is 0.203 e. The molecule has 0 amide bonds. The molecule has 1 heterocycles.